The van der Waals surface area contributed by atoms with E-state index in [1.807, 2.05) is 24.3 Å². The van der Waals surface area contributed by atoms with E-state index in [4.69, 9.17) is 14.9 Å². The Morgan fingerprint density at radius 3 is 2.93 bits per heavy atom. The van der Waals surface area contributed by atoms with Crippen molar-refractivity contribution in [1.29, 1.82) is 0 Å². The van der Waals surface area contributed by atoms with Crippen LogP contribution in [0.3, 0.4) is 0 Å². The molecule has 0 saturated heterocycles. The largest absolute Gasteiger partial charge is 0.497 e. The molecule has 0 saturated carbocycles. The fourth-order valence-electron chi connectivity index (χ4n) is 1.60. The molecule has 0 bridgehead atoms. The number of fused-ring (bicyclic) bond motifs is 1. The Morgan fingerprint density at radius 2 is 2.20 bits per heavy atom. The SMILES string of the molecule is COc1ccc2oc(CCCN)cc2c1. The van der Waals surface area contributed by atoms with Gasteiger partial charge >= 0.3 is 0 Å². The lowest BCUT2D eigenvalue weighted by atomic mass is 10.2. The smallest absolute Gasteiger partial charge is 0.134 e. The lowest BCUT2D eigenvalue weighted by molar-refractivity contribution is 0.415. The average molecular weight is 205 g/mol. The van der Waals surface area contributed by atoms with E-state index in [1.165, 1.54) is 0 Å². The molecule has 0 aliphatic rings. The fraction of sp³-hybridized carbons (Fsp3) is 0.333. The summed E-state index contributed by atoms with van der Waals surface area (Å²) in [6.45, 7) is 0.695. The van der Waals surface area contributed by atoms with Crippen LogP contribution in [-0.2, 0) is 6.42 Å². The van der Waals surface area contributed by atoms with E-state index in [-0.39, 0.29) is 0 Å². The van der Waals surface area contributed by atoms with Crippen LogP contribution in [0.15, 0.2) is 28.7 Å². The van der Waals surface area contributed by atoms with Crippen LogP contribution < -0.4 is 10.5 Å². The third-order valence-electron chi connectivity index (χ3n) is 2.40. The number of hydrogen-bond donors (Lipinski definition) is 1. The van der Waals surface area contributed by atoms with E-state index in [1.54, 1.807) is 7.11 Å². The molecule has 1 aromatic heterocycles. The minimum absolute atomic E-state index is 0.695. The molecule has 0 aliphatic heterocycles. The molecule has 3 heteroatoms. The summed E-state index contributed by atoms with van der Waals surface area (Å²) in [5.41, 5.74) is 6.36. The number of nitrogens with two attached hydrogens (primary N) is 1. The van der Waals surface area contributed by atoms with Gasteiger partial charge in [0.2, 0.25) is 0 Å². The molecule has 0 fully saturated rings. The van der Waals surface area contributed by atoms with Crippen LogP contribution in [0.4, 0.5) is 0 Å². The summed E-state index contributed by atoms with van der Waals surface area (Å²) in [6, 6.07) is 7.86. The minimum atomic E-state index is 0.695. The molecule has 0 amide bonds. The Kier molecular flexibility index (Phi) is 2.92. The van der Waals surface area contributed by atoms with E-state index in [0.29, 0.717) is 6.54 Å². The molecule has 2 aromatic rings. The normalized spacial score (nSPS) is 10.8. The zero-order valence-electron chi connectivity index (χ0n) is 8.82. The van der Waals surface area contributed by atoms with Crippen molar-refractivity contribution < 1.29 is 9.15 Å². The van der Waals surface area contributed by atoms with Gasteiger partial charge in [-0.2, -0.15) is 0 Å². The molecule has 2 rings (SSSR count). The van der Waals surface area contributed by atoms with E-state index in [0.717, 1.165) is 35.3 Å². The number of hydrogen-bond acceptors (Lipinski definition) is 3. The summed E-state index contributed by atoms with van der Waals surface area (Å²) in [6.07, 6.45) is 1.85. The summed E-state index contributed by atoms with van der Waals surface area (Å²) in [5.74, 6) is 1.84. The van der Waals surface area contributed by atoms with Gasteiger partial charge in [0.1, 0.15) is 17.1 Å². The number of benzene rings is 1. The molecule has 2 N–H and O–H groups in total. The standard InChI is InChI=1S/C12H15NO2/c1-14-10-4-5-12-9(7-10)8-11(15-12)3-2-6-13/h4-5,7-8H,2-3,6,13H2,1H3. The van der Waals surface area contributed by atoms with Crippen molar-refractivity contribution in [3.8, 4) is 5.75 Å². The Bertz CT molecular complexity index is 448. The number of rotatable bonds is 4. The Labute approximate surface area is 88.8 Å². The van der Waals surface area contributed by atoms with Gasteiger partial charge in [-0.1, -0.05) is 0 Å². The average Bonchev–Trinajstić information content (AvgIpc) is 2.67. The third-order valence-corrected chi connectivity index (χ3v) is 2.40. The molecular formula is C12H15NO2. The topological polar surface area (TPSA) is 48.4 Å². The molecule has 1 aromatic carbocycles. The van der Waals surface area contributed by atoms with Gasteiger partial charge in [0.05, 0.1) is 7.11 Å². The Morgan fingerprint density at radius 1 is 1.33 bits per heavy atom. The predicted octanol–water partition coefficient (Wildman–Crippen LogP) is 2.33. The zero-order valence-corrected chi connectivity index (χ0v) is 8.82. The van der Waals surface area contributed by atoms with Gasteiger partial charge in [-0.25, -0.2) is 0 Å². The van der Waals surface area contributed by atoms with E-state index in [9.17, 15) is 0 Å². The maximum atomic E-state index is 5.66. The molecule has 80 valence electrons. The van der Waals surface area contributed by atoms with Crippen LogP contribution in [0.1, 0.15) is 12.2 Å². The monoisotopic (exact) mass is 205 g/mol. The van der Waals surface area contributed by atoms with Crippen LogP contribution in [0.2, 0.25) is 0 Å². The number of methoxy groups -OCH3 is 1. The summed E-state index contributed by atoms with van der Waals surface area (Å²) in [5, 5.41) is 1.08. The number of ether oxygens (including phenoxy) is 1. The first-order valence-electron chi connectivity index (χ1n) is 5.10. The lowest BCUT2D eigenvalue weighted by Gasteiger charge is -1.96. The van der Waals surface area contributed by atoms with Crippen LogP contribution in [0.25, 0.3) is 11.0 Å². The molecule has 1 heterocycles. The first-order valence-corrected chi connectivity index (χ1v) is 5.10. The van der Waals surface area contributed by atoms with Crippen molar-refractivity contribution in [3.05, 3.63) is 30.0 Å². The Balaban J connectivity index is 2.29. The van der Waals surface area contributed by atoms with Crippen LogP contribution >= 0.6 is 0 Å². The van der Waals surface area contributed by atoms with Gasteiger partial charge in [0.15, 0.2) is 0 Å². The minimum Gasteiger partial charge on any atom is -0.497 e. The molecule has 15 heavy (non-hydrogen) atoms. The van der Waals surface area contributed by atoms with Crippen LogP contribution in [0, 0.1) is 0 Å². The highest BCUT2D eigenvalue weighted by Gasteiger charge is 2.04. The van der Waals surface area contributed by atoms with E-state index < -0.39 is 0 Å². The van der Waals surface area contributed by atoms with Crippen molar-refractivity contribution in [1.82, 2.24) is 0 Å². The summed E-state index contributed by atoms with van der Waals surface area (Å²) in [4.78, 5) is 0. The second kappa shape index (κ2) is 4.36. The second-order valence-electron chi connectivity index (χ2n) is 3.51. The number of furan rings is 1. The molecule has 0 atom stereocenters. The fourth-order valence-corrected chi connectivity index (χ4v) is 1.60. The molecule has 3 nitrogen and oxygen atoms in total. The second-order valence-corrected chi connectivity index (χ2v) is 3.51. The molecule has 0 unspecified atom stereocenters. The Hall–Kier alpha value is -1.48. The molecule has 0 spiro atoms. The van der Waals surface area contributed by atoms with Gasteiger partial charge in [-0.05, 0) is 37.2 Å². The van der Waals surface area contributed by atoms with Crippen molar-refractivity contribution >= 4 is 11.0 Å². The highest BCUT2D eigenvalue weighted by atomic mass is 16.5. The van der Waals surface area contributed by atoms with Crippen LogP contribution in [0.5, 0.6) is 5.75 Å². The maximum Gasteiger partial charge on any atom is 0.134 e. The van der Waals surface area contributed by atoms with Crippen molar-refractivity contribution in [3.63, 3.8) is 0 Å². The van der Waals surface area contributed by atoms with Gasteiger partial charge in [0.25, 0.3) is 0 Å². The third kappa shape index (κ3) is 2.13. The number of aryl methyl sites for hydroxylation is 1. The molecular weight excluding hydrogens is 190 g/mol. The van der Waals surface area contributed by atoms with Crippen LogP contribution in [-0.4, -0.2) is 13.7 Å². The van der Waals surface area contributed by atoms with Gasteiger partial charge < -0.3 is 14.9 Å². The van der Waals surface area contributed by atoms with Gasteiger partial charge in [-0.15, -0.1) is 0 Å². The van der Waals surface area contributed by atoms with Gasteiger partial charge in [-0.3, -0.25) is 0 Å². The summed E-state index contributed by atoms with van der Waals surface area (Å²) in [7, 11) is 1.66. The van der Waals surface area contributed by atoms with Gasteiger partial charge in [0, 0.05) is 11.8 Å². The summed E-state index contributed by atoms with van der Waals surface area (Å²) >= 11 is 0. The maximum absolute atomic E-state index is 5.66. The lowest BCUT2D eigenvalue weighted by Crippen LogP contribution is -1.99. The van der Waals surface area contributed by atoms with Crippen molar-refractivity contribution in [2.45, 2.75) is 12.8 Å². The van der Waals surface area contributed by atoms with E-state index >= 15 is 0 Å². The van der Waals surface area contributed by atoms with E-state index in [2.05, 4.69) is 0 Å². The highest BCUT2D eigenvalue weighted by Crippen LogP contribution is 2.24. The quantitative estimate of drug-likeness (QED) is 0.833. The predicted molar refractivity (Wildman–Crippen MR) is 60.1 cm³/mol. The molecule has 0 aliphatic carbocycles. The zero-order chi connectivity index (χ0) is 10.7. The van der Waals surface area contributed by atoms with Crippen molar-refractivity contribution in [2.75, 3.05) is 13.7 Å². The van der Waals surface area contributed by atoms with Crippen molar-refractivity contribution in [2.24, 2.45) is 5.73 Å². The summed E-state index contributed by atoms with van der Waals surface area (Å²) < 4.78 is 10.8. The highest BCUT2D eigenvalue weighted by molar-refractivity contribution is 5.79. The molecule has 0 radical (unpaired) electrons. The first-order chi connectivity index (χ1) is 7.33. The first kappa shape index (κ1) is 10.1.